The second-order valence-corrected chi connectivity index (χ2v) is 6.04. The van der Waals surface area contributed by atoms with Gasteiger partial charge < -0.3 is 10.2 Å². The van der Waals surface area contributed by atoms with Crippen LogP contribution in [0.4, 0.5) is 0 Å². The molecule has 1 aliphatic heterocycles. The predicted molar refractivity (Wildman–Crippen MR) is 69.9 cm³/mol. The molecular formula is C14H26N2O. The lowest BCUT2D eigenvalue weighted by molar-refractivity contribution is -0.144. The Morgan fingerprint density at radius 2 is 1.94 bits per heavy atom. The smallest absolute Gasteiger partial charge is 0.228 e. The standard InChI is InChI=1S/C14H26N2O/c1-14(8-4-3-5-9-14)13(17)16(2)12-7-6-10-15-11-12/h12,15H,3-11H2,1-2H3. The van der Waals surface area contributed by atoms with Crippen LogP contribution >= 0.6 is 0 Å². The number of hydrogen-bond acceptors (Lipinski definition) is 2. The molecule has 17 heavy (non-hydrogen) atoms. The van der Waals surface area contributed by atoms with Gasteiger partial charge in [0, 0.05) is 25.0 Å². The Kier molecular flexibility index (Phi) is 4.08. The molecule has 2 fully saturated rings. The number of carbonyl (C=O) groups excluding carboxylic acids is 1. The first-order valence-corrected chi connectivity index (χ1v) is 7.11. The maximum Gasteiger partial charge on any atom is 0.228 e. The van der Waals surface area contributed by atoms with Crippen molar-refractivity contribution in [2.75, 3.05) is 20.1 Å². The van der Waals surface area contributed by atoms with E-state index in [1.807, 2.05) is 11.9 Å². The van der Waals surface area contributed by atoms with Gasteiger partial charge >= 0.3 is 0 Å². The summed E-state index contributed by atoms with van der Waals surface area (Å²) in [5.74, 6) is 0.380. The molecule has 0 spiro atoms. The van der Waals surface area contributed by atoms with Gasteiger partial charge in [-0.1, -0.05) is 26.2 Å². The molecule has 1 amide bonds. The van der Waals surface area contributed by atoms with E-state index in [1.165, 1.54) is 25.7 Å². The number of nitrogens with zero attached hydrogens (tertiary/aromatic N) is 1. The van der Waals surface area contributed by atoms with E-state index in [9.17, 15) is 4.79 Å². The molecule has 0 aromatic carbocycles. The zero-order valence-corrected chi connectivity index (χ0v) is 11.3. The summed E-state index contributed by atoms with van der Waals surface area (Å²) in [4.78, 5) is 14.6. The number of carbonyl (C=O) groups is 1. The molecule has 1 atom stereocenters. The first kappa shape index (κ1) is 12.9. The SMILES string of the molecule is CN(C(=O)C1(C)CCCCC1)C1CCCNC1. The molecular weight excluding hydrogens is 212 g/mol. The highest BCUT2D eigenvalue weighted by Crippen LogP contribution is 2.37. The van der Waals surface area contributed by atoms with E-state index in [1.54, 1.807) is 0 Å². The third-order valence-corrected chi connectivity index (χ3v) is 4.61. The molecule has 0 radical (unpaired) electrons. The normalized spacial score (nSPS) is 28.7. The molecule has 3 nitrogen and oxygen atoms in total. The quantitative estimate of drug-likeness (QED) is 0.799. The third-order valence-electron chi connectivity index (χ3n) is 4.61. The Bertz CT molecular complexity index is 265. The Hall–Kier alpha value is -0.570. The maximum atomic E-state index is 12.6. The summed E-state index contributed by atoms with van der Waals surface area (Å²) in [7, 11) is 2.00. The zero-order valence-electron chi connectivity index (χ0n) is 11.3. The highest BCUT2D eigenvalue weighted by molar-refractivity contribution is 5.82. The monoisotopic (exact) mass is 238 g/mol. The number of hydrogen-bond donors (Lipinski definition) is 1. The number of nitrogens with one attached hydrogen (secondary N) is 1. The van der Waals surface area contributed by atoms with Crippen molar-refractivity contribution in [1.29, 1.82) is 0 Å². The Morgan fingerprint density at radius 3 is 2.53 bits per heavy atom. The molecule has 1 N–H and O–H groups in total. The molecule has 1 aliphatic carbocycles. The Balaban J connectivity index is 1.97. The molecule has 3 heteroatoms. The van der Waals surface area contributed by atoms with Crippen molar-refractivity contribution in [3.63, 3.8) is 0 Å². The molecule has 1 saturated heterocycles. The van der Waals surface area contributed by atoms with Crippen molar-refractivity contribution in [3.05, 3.63) is 0 Å². The van der Waals surface area contributed by atoms with E-state index < -0.39 is 0 Å². The molecule has 0 aromatic rings. The van der Waals surface area contributed by atoms with Gasteiger partial charge in [-0.3, -0.25) is 4.79 Å². The third kappa shape index (κ3) is 2.82. The Morgan fingerprint density at radius 1 is 1.24 bits per heavy atom. The fraction of sp³-hybridized carbons (Fsp3) is 0.929. The summed E-state index contributed by atoms with van der Waals surface area (Å²) in [6.45, 7) is 4.25. The second-order valence-electron chi connectivity index (χ2n) is 6.04. The molecule has 1 saturated carbocycles. The van der Waals surface area contributed by atoms with Crippen molar-refractivity contribution in [3.8, 4) is 0 Å². The van der Waals surface area contributed by atoms with Gasteiger partial charge in [0.1, 0.15) is 0 Å². The number of likely N-dealkylation sites (N-methyl/N-ethyl adjacent to an activating group) is 1. The van der Waals surface area contributed by atoms with Crippen molar-refractivity contribution in [1.82, 2.24) is 10.2 Å². The van der Waals surface area contributed by atoms with Gasteiger partial charge in [-0.05, 0) is 32.2 Å². The lowest BCUT2D eigenvalue weighted by Gasteiger charge is -2.40. The van der Waals surface area contributed by atoms with Gasteiger partial charge in [0.2, 0.25) is 5.91 Å². The van der Waals surface area contributed by atoms with Crippen LogP contribution in [0.25, 0.3) is 0 Å². The van der Waals surface area contributed by atoms with E-state index in [0.717, 1.165) is 32.4 Å². The summed E-state index contributed by atoms with van der Waals surface area (Å²) in [6.07, 6.45) is 8.26. The molecule has 1 heterocycles. The van der Waals surface area contributed by atoms with Gasteiger partial charge in [0.25, 0.3) is 0 Å². The first-order valence-electron chi connectivity index (χ1n) is 7.11. The van der Waals surface area contributed by atoms with Crippen LogP contribution in [0.2, 0.25) is 0 Å². The number of rotatable bonds is 2. The first-order chi connectivity index (χ1) is 8.13. The van der Waals surface area contributed by atoms with Gasteiger partial charge in [0.15, 0.2) is 0 Å². The van der Waals surface area contributed by atoms with Crippen LogP contribution in [0.5, 0.6) is 0 Å². The molecule has 0 bridgehead atoms. The Labute approximate surface area is 105 Å². The number of amides is 1. The van der Waals surface area contributed by atoms with E-state index in [2.05, 4.69) is 12.2 Å². The fourth-order valence-corrected chi connectivity index (χ4v) is 3.30. The molecule has 1 unspecified atom stereocenters. The average molecular weight is 238 g/mol. The van der Waals surface area contributed by atoms with Crippen LogP contribution < -0.4 is 5.32 Å². The highest BCUT2D eigenvalue weighted by atomic mass is 16.2. The van der Waals surface area contributed by atoms with Crippen LogP contribution in [0.3, 0.4) is 0 Å². The van der Waals surface area contributed by atoms with Gasteiger partial charge in [-0.25, -0.2) is 0 Å². The second kappa shape index (κ2) is 5.38. The van der Waals surface area contributed by atoms with Crippen LogP contribution in [-0.2, 0) is 4.79 Å². The number of piperidine rings is 1. The summed E-state index contributed by atoms with van der Waals surface area (Å²) < 4.78 is 0. The lowest BCUT2D eigenvalue weighted by Crippen LogP contribution is -2.51. The minimum atomic E-state index is -0.0789. The van der Waals surface area contributed by atoms with Crippen molar-refractivity contribution < 1.29 is 4.79 Å². The van der Waals surface area contributed by atoms with Gasteiger partial charge in [-0.15, -0.1) is 0 Å². The van der Waals surface area contributed by atoms with Gasteiger partial charge in [0.05, 0.1) is 0 Å². The maximum absolute atomic E-state index is 12.6. The lowest BCUT2D eigenvalue weighted by atomic mass is 9.74. The van der Waals surface area contributed by atoms with Gasteiger partial charge in [-0.2, -0.15) is 0 Å². The van der Waals surface area contributed by atoms with E-state index in [4.69, 9.17) is 0 Å². The predicted octanol–water partition coefficient (Wildman–Crippen LogP) is 2.17. The summed E-state index contributed by atoms with van der Waals surface area (Å²) in [6, 6.07) is 0.412. The largest absolute Gasteiger partial charge is 0.341 e. The van der Waals surface area contributed by atoms with Crippen LogP contribution in [0.1, 0.15) is 51.9 Å². The minimum Gasteiger partial charge on any atom is -0.341 e. The topological polar surface area (TPSA) is 32.3 Å². The molecule has 0 aromatic heterocycles. The zero-order chi connectivity index (χ0) is 12.3. The van der Waals surface area contributed by atoms with Crippen molar-refractivity contribution in [2.45, 2.75) is 57.9 Å². The molecule has 98 valence electrons. The molecule has 2 aliphatic rings. The fourth-order valence-electron chi connectivity index (χ4n) is 3.30. The van der Waals surface area contributed by atoms with E-state index in [0.29, 0.717) is 11.9 Å². The highest BCUT2D eigenvalue weighted by Gasteiger charge is 2.38. The summed E-state index contributed by atoms with van der Waals surface area (Å²) in [5, 5.41) is 3.39. The van der Waals surface area contributed by atoms with E-state index in [-0.39, 0.29) is 5.41 Å². The van der Waals surface area contributed by atoms with Crippen LogP contribution in [0, 0.1) is 5.41 Å². The summed E-state index contributed by atoms with van der Waals surface area (Å²) >= 11 is 0. The van der Waals surface area contributed by atoms with Crippen LogP contribution in [-0.4, -0.2) is 37.0 Å². The molecule has 2 rings (SSSR count). The summed E-state index contributed by atoms with van der Waals surface area (Å²) in [5.41, 5.74) is -0.0789. The minimum absolute atomic E-state index is 0.0789. The van der Waals surface area contributed by atoms with Crippen molar-refractivity contribution in [2.24, 2.45) is 5.41 Å². The average Bonchev–Trinajstić information content (AvgIpc) is 2.39. The van der Waals surface area contributed by atoms with E-state index >= 15 is 0 Å². The van der Waals surface area contributed by atoms with Crippen molar-refractivity contribution >= 4 is 5.91 Å². The van der Waals surface area contributed by atoms with Crippen LogP contribution in [0.15, 0.2) is 0 Å².